The molecule has 2 aliphatic rings. The number of amides is 1. The maximum atomic E-state index is 13.5. The molecule has 0 unspecified atom stereocenters. The van der Waals surface area contributed by atoms with Crippen LogP contribution in [-0.4, -0.2) is 74.6 Å². The van der Waals surface area contributed by atoms with Crippen LogP contribution in [0.2, 0.25) is 0 Å². The van der Waals surface area contributed by atoms with E-state index >= 15 is 0 Å². The van der Waals surface area contributed by atoms with Crippen LogP contribution in [0.3, 0.4) is 0 Å². The Morgan fingerprint density at radius 3 is 2.05 bits per heavy atom. The number of alkyl halides is 3. The third-order valence-electron chi connectivity index (χ3n) is 7.95. The van der Waals surface area contributed by atoms with E-state index in [1.54, 1.807) is 6.07 Å². The number of rotatable bonds is 6. The molecular formula is C30H42F3N5O. The first kappa shape index (κ1) is 29.2. The molecule has 39 heavy (non-hydrogen) atoms. The predicted octanol–water partition coefficient (Wildman–Crippen LogP) is 4.71. The third-order valence-corrected chi connectivity index (χ3v) is 7.95. The second kappa shape index (κ2) is 12.2. The lowest BCUT2D eigenvalue weighted by atomic mass is 9.87. The van der Waals surface area contributed by atoms with E-state index in [1.807, 2.05) is 9.80 Å². The monoisotopic (exact) mass is 545 g/mol. The van der Waals surface area contributed by atoms with Crippen LogP contribution in [-0.2, 0) is 22.9 Å². The second-order valence-electron chi connectivity index (χ2n) is 11.6. The number of halogens is 3. The van der Waals surface area contributed by atoms with Gasteiger partial charge in [0.15, 0.2) is 0 Å². The Bertz CT molecular complexity index is 1110. The molecule has 214 valence electrons. The number of hydrogen-bond donors (Lipinski definition) is 1. The highest BCUT2D eigenvalue weighted by Crippen LogP contribution is 2.35. The number of nitrogens with two attached hydrogens (primary N) is 1. The molecule has 2 heterocycles. The minimum atomic E-state index is -4.44. The van der Waals surface area contributed by atoms with Crippen molar-refractivity contribution in [2.45, 2.75) is 51.7 Å². The molecule has 0 spiro atoms. The smallest absolute Gasteiger partial charge is 0.370 e. The van der Waals surface area contributed by atoms with E-state index in [9.17, 15) is 18.0 Å². The fourth-order valence-electron chi connectivity index (χ4n) is 5.44. The fraction of sp³-hybridized carbons (Fsp3) is 0.567. The van der Waals surface area contributed by atoms with Gasteiger partial charge >= 0.3 is 6.18 Å². The zero-order chi connectivity index (χ0) is 28.2. The Hall–Kier alpha value is -2.78. The molecule has 0 saturated carbocycles. The van der Waals surface area contributed by atoms with Gasteiger partial charge in [-0.05, 0) is 47.2 Å². The summed E-state index contributed by atoms with van der Waals surface area (Å²) in [4.78, 5) is 21.6. The van der Waals surface area contributed by atoms with Gasteiger partial charge in [-0.2, -0.15) is 13.2 Å². The van der Waals surface area contributed by atoms with Gasteiger partial charge in [0.25, 0.3) is 0 Å². The SMILES string of the molecule is CC(C)(C)c1ccc(N2CCN(CCC(=O)N3CCCN(c4ccc(CN)c(C(F)(F)F)c4)CC3)CC2)cc1. The molecule has 2 aromatic carbocycles. The number of benzene rings is 2. The standard InChI is InChI=1S/C30H42F3N5O/c1-29(2,3)24-6-9-25(10-7-24)37-17-15-35(16-18-37)14-11-28(39)38-13-4-12-36(19-20-38)26-8-5-23(22-34)27(21-26)30(31,32)33/h5-10,21H,4,11-20,22,34H2,1-3H3. The van der Waals surface area contributed by atoms with Gasteiger partial charge in [0.2, 0.25) is 5.91 Å². The lowest BCUT2D eigenvalue weighted by Gasteiger charge is -2.36. The highest BCUT2D eigenvalue weighted by Gasteiger charge is 2.34. The summed E-state index contributed by atoms with van der Waals surface area (Å²) in [6, 6.07) is 13.2. The molecule has 1 amide bonds. The van der Waals surface area contributed by atoms with Gasteiger partial charge in [-0.25, -0.2) is 0 Å². The van der Waals surface area contributed by atoms with Crippen molar-refractivity contribution in [2.75, 3.05) is 68.7 Å². The van der Waals surface area contributed by atoms with Gasteiger partial charge in [-0.1, -0.05) is 39.0 Å². The van der Waals surface area contributed by atoms with E-state index in [-0.39, 0.29) is 23.4 Å². The molecule has 4 rings (SSSR count). The van der Waals surface area contributed by atoms with Crippen LogP contribution in [0.1, 0.15) is 50.3 Å². The van der Waals surface area contributed by atoms with Crippen molar-refractivity contribution in [1.29, 1.82) is 0 Å². The molecule has 0 aliphatic carbocycles. The molecule has 0 aromatic heterocycles. The zero-order valence-corrected chi connectivity index (χ0v) is 23.4. The molecule has 6 nitrogen and oxygen atoms in total. The molecule has 9 heteroatoms. The van der Waals surface area contributed by atoms with Gasteiger partial charge in [-0.3, -0.25) is 9.69 Å². The number of piperazine rings is 1. The van der Waals surface area contributed by atoms with Crippen molar-refractivity contribution in [3.05, 3.63) is 59.2 Å². The lowest BCUT2D eigenvalue weighted by molar-refractivity contribution is -0.138. The van der Waals surface area contributed by atoms with Crippen molar-refractivity contribution in [2.24, 2.45) is 5.73 Å². The summed E-state index contributed by atoms with van der Waals surface area (Å²) >= 11 is 0. The molecule has 0 atom stereocenters. The fourth-order valence-corrected chi connectivity index (χ4v) is 5.44. The Morgan fingerprint density at radius 2 is 1.44 bits per heavy atom. The van der Waals surface area contributed by atoms with Gasteiger partial charge in [-0.15, -0.1) is 0 Å². The highest BCUT2D eigenvalue weighted by molar-refractivity contribution is 5.76. The van der Waals surface area contributed by atoms with Crippen LogP contribution in [0.5, 0.6) is 0 Å². The average molecular weight is 546 g/mol. The summed E-state index contributed by atoms with van der Waals surface area (Å²) in [7, 11) is 0. The minimum absolute atomic E-state index is 0.0946. The molecular weight excluding hydrogens is 503 g/mol. The Labute approximate surface area is 230 Å². The van der Waals surface area contributed by atoms with E-state index in [0.29, 0.717) is 38.3 Å². The van der Waals surface area contributed by atoms with Crippen LogP contribution < -0.4 is 15.5 Å². The summed E-state index contributed by atoms with van der Waals surface area (Å²) in [6.07, 6.45) is -3.26. The van der Waals surface area contributed by atoms with Gasteiger partial charge in [0, 0.05) is 83.2 Å². The van der Waals surface area contributed by atoms with Gasteiger partial charge in [0.1, 0.15) is 0 Å². The van der Waals surface area contributed by atoms with E-state index in [1.165, 1.54) is 23.4 Å². The van der Waals surface area contributed by atoms with Crippen LogP contribution in [0.4, 0.5) is 24.5 Å². The van der Waals surface area contributed by atoms with E-state index in [2.05, 4.69) is 54.8 Å². The van der Waals surface area contributed by atoms with Crippen LogP contribution in [0, 0.1) is 0 Å². The van der Waals surface area contributed by atoms with Crippen molar-refractivity contribution < 1.29 is 18.0 Å². The quantitative estimate of drug-likeness (QED) is 0.570. The third kappa shape index (κ3) is 7.45. The van der Waals surface area contributed by atoms with Crippen LogP contribution >= 0.6 is 0 Å². The number of anilines is 2. The summed E-state index contributed by atoms with van der Waals surface area (Å²) in [5.74, 6) is 0.117. The van der Waals surface area contributed by atoms with Crippen molar-refractivity contribution in [3.63, 3.8) is 0 Å². The number of carbonyl (C=O) groups is 1. The topological polar surface area (TPSA) is 56.0 Å². The molecule has 0 bridgehead atoms. The molecule has 2 N–H and O–H groups in total. The minimum Gasteiger partial charge on any atom is -0.370 e. The molecule has 2 aliphatic heterocycles. The number of nitrogens with zero attached hydrogens (tertiary/aromatic N) is 4. The normalized spacial score (nSPS) is 17.9. The van der Waals surface area contributed by atoms with Crippen LogP contribution in [0.15, 0.2) is 42.5 Å². The first-order valence-corrected chi connectivity index (χ1v) is 14.0. The van der Waals surface area contributed by atoms with Crippen LogP contribution in [0.25, 0.3) is 0 Å². The molecule has 2 fully saturated rings. The predicted molar refractivity (Wildman–Crippen MR) is 151 cm³/mol. The average Bonchev–Trinajstić information content (AvgIpc) is 3.17. The van der Waals surface area contributed by atoms with E-state index < -0.39 is 11.7 Å². The summed E-state index contributed by atoms with van der Waals surface area (Å²) < 4.78 is 40.5. The summed E-state index contributed by atoms with van der Waals surface area (Å²) in [5, 5.41) is 0. The van der Waals surface area contributed by atoms with E-state index in [0.717, 1.165) is 39.1 Å². The Kier molecular flexibility index (Phi) is 9.11. The molecule has 0 radical (unpaired) electrons. The maximum absolute atomic E-state index is 13.5. The van der Waals surface area contributed by atoms with Gasteiger partial charge in [0.05, 0.1) is 5.56 Å². The molecule has 2 aromatic rings. The summed E-state index contributed by atoms with van der Waals surface area (Å²) in [6.45, 7) is 13.2. The van der Waals surface area contributed by atoms with Crippen molar-refractivity contribution in [1.82, 2.24) is 9.80 Å². The second-order valence-corrected chi connectivity index (χ2v) is 11.6. The first-order chi connectivity index (χ1) is 18.5. The number of carbonyl (C=O) groups excluding carboxylic acids is 1. The Morgan fingerprint density at radius 1 is 0.821 bits per heavy atom. The first-order valence-electron chi connectivity index (χ1n) is 14.0. The van der Waals surface area contributed by atoms with E-state index in [4.69, 9.17) is 5.73 Å². The lowest BCUT2D eigenvalue weighted by Crippen LogP contribution is -2.47. The maximum Gasteiger partial charge on any atom is 0.416 e. The highest BCUT2D eigenvalue weighted by atomic mass is 19.4. The summed E-state index contributed by atoms with van der Waals surface area (Å²) in [5.41, 5.74) is 8.18. The zero-order valence-electron chi connectivity index (χ0n) is 23.4. The van der Waals surface area contributed by atoms with Crippen molar-refractivity contribution in [3.8, 4) is 0 Å². The Balaban J connectivity index is 1.24. The van der Waals surface area contributed by atoms with Crippen molar-refractivity contribution >= 4 is 17.3 Å². The molecule has 2 saturated heterocycles. The number of hydrogen-bond acceptors (Lipinski definition) is 5. The van der Waals surface area contributed by atoms with Gasteiger partial charge < -0.3 is 20.4 Å². The largest absolute Gasteiger partial charge is 0.416 e.